The van der Waals surface area contributed by atoms with Crippen LogP contribution >= 0.6 is 0 Å². The minimum absolute atomic E-state index is 0.0399. The Balaban J connectivity index is 1.57. The van der Waals surface area contributed by atoms with E-state index in [1.165, 1.54) is 12.1 Å². The Hall–Kier alpha value is -4.06. The van der Waals surface area contributed by atoms with Gasteiger partial charge in [0.15, 0.2) is 0 Å². The Morgan fingerprint density at radius 3 is 2.29 bits per heavy atom. The van der Waals surface area contributed by atoms with Gasteiger partial charge in [-0.2, -0.15) is 18.3 Å². The van der Waals surface area contributed by atoms with Gasteiger partial charge in [0.2, 0.25) is 5.91 Å². The summed E-state index contributed by atoms with van der Waals surface area (Å²) in [6.45, 7) is 9.83. The molecule has 0 unspecified atom stereocenters. The molecule has 1 saturated heterocycles. The van der Waals surface area contributed by atoms with Gasteiger partial charge in [-0.25, -0.2) is 9.07 Å². The summed E-state index contributed by atoms with van der Waals surface area (Å²) in [4.78, 5) is 41.9. The van der Waals surface area contributed by atoms with Crippen LogP contribution in [0.4, 0.5) is 17.6 Å². The molecule has 2 fully saturated rings. The summed E-state index contributed by atoms with van der Waals surface area (Å²) in [7, 11) is 0. The Bertz CT molecular complexity index is 1720. The second kappa shape index (κ2) is 14.2. The highest BCUT2D eigenvalue weighted by Gasteiger charge is 2.38. The third-order valence-corrected chi connectivity index (χ3v) is 9.24. The minimum atomic E-state index is -5.10. The lowest BCUT2D eigenvalue weighted by Crippen LogP contribution is -2.42. The van der Waals surface area contributed by atoms with E-state index in [0.29, 0.717) is 29.2 Å². The molecule has 2 aliphatic rings. The van der Waals surface area contributed by atoms with E-state index in [2.05, 4.69) is 10.2 Å². The number of carboxylic acids is 1. The van der Waals surface area contributed by atoms with Crippen molar-refractivity contribution in [3.05, 3.63) is 86.1 Å². The topological polar surface area (TPSA) is 105 Å². The standard InChI is InChI=1S/C36H42F4N4O4/c1-20(2)15-30(44-31(45)18-25(23-9-10-23)28(42-44)11-14-43-12-6-13-43)35(48)41-29(19-32(46)47)26-16-24(17-27(34(26)37)36(38,39)40)33-21(3)7-5-8-22(33)4/h5,7-8,16-18,20,23,29-30H,6,9-15,19H2,1-4H3,(H,41,48)(H,46,47)/t29-,30-/m0/s1. The van der Waals surface area contributed by atoms with E-state index in [-0.39, 0.29) is 23.8 Å². The average Bonchev–Trinajstić information content (AvgIpc) is 3.80. The molecule has 0 spiro atoms. The first-order chi connectivity index (χ1) is 22.6. The molecule has 1 aromatic heterocycles. The molecule has 2 heterocycles. The van der Waals surface area contributed by atoms with Crippen molar-refractivity contribution in [2.45, 2.75) is 90.4 Å². The van der Waals surface area contributed by atoms with Crippen LogP contribution in [0.15, 0.2) is 41.2 Å². The van der Waals surface area contributed by atoms with Crippen molar-refractivity contribution in [3.63, 3.8) is 0 Å². The molecule has 1 aliphatic heterocycles. The van der Waals surface area contributed by atoms with Crippen LogP contribution < -0.4 is 10.9 Å². The minimum Gasteiger partial charge on any atom is -0.481 e. The fraction of sp³-hybridized carbons (Fsp3) is 0.500. The second-order valence-corrected chi connectivity index (χ2v) is 13.5. The number of halogens is 4. The first-order valence-electron chi connectivity index (χ1n) is 16.5. The zero-order chi connectivity index (χ0) is 34.9. The molecule has 3 aromatic rings. The normalized spacial score (nSPS) is 16.4. The van der Waals surface area contributed by atoms with Crippen molar-refractivity contribution in [1.29, 1.82) is 0 Å². The molecule has 1 saturated carbocycles. The number of aliphatic carboxylic acids is 1. The Labute approximate surface area is 277 Å². The first-order valence-corrected chi connectivity index (χ1v) is 16.5. The van der Waals surface area contributed by atoms with Crippen molar-refractivity contribution in [2.75, 3.05) is 19.6 Å². The van der Waals surface area contributed by atoms with Crippen LogP contribution in [-0.4, -0.2) is 51.3 Å². The van der Waals surface area contributed by atoms with E-state index in [4.69, 9.17) is 5.10 Å². The number of aryl methyl sites for hydroxylation is 2. The second-order valence-electron chi connectivity index (χ2n) is 13.5. The number of hydrogen-bond acceptors (Lipinski definition) is 5. The van der Waals surface area contributed by atoms with Gasteiger partial charge in [-0.05, 0) is 104 Å². The van der Waals surface area contributed by atoms with E-state index in [9.17, 15) is 32.7 Å². The number of aromatic nitrogens is 2. The quantitative estimate of drug-likeness (QED) is 0.196. The smallest absolute Gasteiger partial charge is 0.419 e. The first kappa shape index (κ1) is 35.3. The maximum absolute atomic E-state index is 15.8. The van der Waals surface area contributed by atoms with Gasteiger partial charge in [0.25, 0.3) is 5.56 Å². The van der Waals surface area contributed by atoms with E-state index in [1.807, 2.05) is 13.8 Å². The summed E-state index contributed by atoms with van der Waals surface area (Å²) in [5.41, 5.74) is 0.676. The zero-order valence-corrected chi connectivity index (χ0v) is 27.7. The molecule has 0 bridgehead atoms. The van der Waals surface area contributed by atoms with Crippen LogP contribution in [0.2, 0.25) is 0 Å². The third kappa shape index (κ3) is 7.97. The Kier molecular flexibility index (Phi) is 10.4. The summed E-state index contributed by atoms with van der Waals surface area (Å²) >= 11 is 0. The van der Waals surface area contributed by atoms with Gasteiger partial charge in [0.05, 0.1) is 23.7 Å². The van der Waals surface area contributed by atoms with Crippen molar-refractivity contribution < 1.29 is 32.3 Å². The number of hydrogen-bond donors (Lipinski definition) is 2. The van der Waals surface area contributed by atoms with Gasteiger partial charge >= 0.3 is 12.1 Å². The van der Waals surface area contributed by atoms with Gasteiger partial charge in [-0.1, -0.05) is 32.0 Å². The molecular weight excluding hydrogens is 628 g/mol. The molecule has 2 atom stereocenters. The summed E-state index contributed by atoms with van der Waals surface area (Å²) in [6.07, 6.45) is -2.27. The van der Waals surface area contributed by atoms with Gasteiger partial charge in [0, 0.05) is 24.6 Å². The van der Waals surface area contributed by atoms with Crippen LogP contribution in [0, 0.1) is 25.6 Å². The van der Waals surface area contributed by atoms with Crippen LogP contribution in [-0.2, 0) is 22.2 Å². The molecular formula is C36H42F4N4O4. The molecule has 8 nitrogen and oxygen atoms in total. The van der Waals surface area contributed by atoms with Crippen molar-refractivity contribution in [3.8, 4) is 11.1 Å². The zero-order valence-electron chi connectivity index (χ0n) is 27.7. The van der Waals surface area contributed by atoms with E-state index >= 15 is 4.39 Å². The summed E-state index contributed by atoms with van der Waals surface area (Å²) < 4.78 is 59.6. The lowest BCUT2D eigenvalue weighted by molar-refractivity contribution is -0.140. The van der Waals surface area contributed by atoms with Crippen molar-refractivity contribution >= 4 is 11.9 Å². The number of likely N-dealkylation sites (tertiary alicyclic amines) is 1. The molecule has 5 rings (SSSR count). The fourth-order valence-corrected chi connectivity index (χ4v) is 6.52. The van der Waals surface area contributed by atoms with Crippen molar-refractivity contribution in [1.82, 2.24) is 20.0 Å². The lowest BCUT2D eigenvalue weighted by atomic mass is 9.90. The predicted molar refractivity (Wildman–Crippen MR) is 173 cm³/mol. The number of nitrogens with one attached hydrogen (secondary N) is 1. The molecule has 1 aliphatic carbocycles. The number of amides is 1. The van der Waals surface area contributed by atoms with E-state index < -0.39 is 59.1 Å². The highest BCUT2D eigenvalue weighted by Crippen LogP contribution is 2.42. The maximum atomic E-state index is 15.8. The highest BCUT2D eigenvalue weighted by molar-refractivity contribution is 5.82. The molecule has 2 N–H and O–H groups in total. The fourth-order valence-electron chi connectivity index (χ4n) is 6.52. The maximum Gasteiger partial charge on any atom is 0.419 e. The summed E-state index contributed by atoms with van der Waals surface area (Å²) in [5.74, 6) is -3.84. The summed E-state index contributed by atoms with van der Waals surface area (Å²) in [6, 6.07) is 5.69. The lowest BCUT2D eigenvalue weighted by Gasteiger charge is -2.31. The van der Waals surface area contributed by atoms with E-state index in [0.717, 1.165) is 54.8 Å². The predicted octanol–water partition coefficient (Wildman–Crippen LogP) is 6.73. The largest absolute Gasteiger partial charge is 0.481 e. The molecule has 0 radical (unpaired) electrons. The van der Waals surface area contributed by atoms with Crippen LogP contribution in [0.25, 0.3) is 11.1 Å². The molecule has 2 aromatic carbocycles. The molecule has 1 amide bonds. The molecule has 48 heavy (non-hydrogen) atoms. The van der Waals surface area contributed by atoms with Crippen LogP contribution in [0.5, 0.6) is 0 Å². The van der Waals surface area contributed by atoms with Gasteiger partial charge in [-0.3, -0.25) is 14.4 Å². The van der Waals surface area contributed by atoms with Crippen LogP contribution in [0.1, 0.15) is 97.5 Å². The number of carboxylic acid groups (broad SMARTS) is 1. The number of carbonyl (C=O) groups is 2. The third-order valence-electron chi connectivity index (χ3n) is 9.24. The van der Waals surface area contributed by atoms with Gasteiger partial charge in [0.1, 0.15) is 11.9 Å². The number of carbonyl (C=O) groups excluding carboxylic acids is 1. The number of benzene rings is 2. The highest BCUT2D eigenvalue weighted by atomic mass is 19.4. The molecule has 258 valence electrons. The Morgan fingerprint density at radius 2 is 1.75 bits per heavy atom. The van der Waals surface area contributed by atoms with Gasteiger partial charge < -0.3 is 15.3 Å². The Morgan fingerprint density at radius 1 is 1.08 bits per heavy atom. The molecule has 12 heteroatoms. The SMILES string of the molecule is Cc1cccc(C)c1-c1cc([C@H](CC(=O)O)NC(=O)[C@H](CC(C)C)n2nc(CCN3CCC3)c(C3CC3)cc2=O)c(F)c(C(F)(F)F)c1. The van der Waals surface area contributed by atoms with E-state index in [1.54, 1.807) is 32.0 Å². The average molecular weight is 671 g/mol. The number of rotatable bonds is 13. The number of alkyl halides is 3. The van der Waals surface area contributed by atoms with Crippen molar-refractivity contribution in [2.24, 2.45) is 5.92 Å². The van der Waals surface area contributed by atoms with Gasteiger partial charge in [-0.15, -0.1) is 0 Å². The monoisotopic (exact) mass is 670 g/mol. The summed E-state index contributed by atoms with van der Waals surface area (Å²) in [5, 5.41) is 17.0. The number of nitrogens with zero attached hydrogens (tertiary/aromatic N) is 3. The van der Waals surface area contributed by atoms with Crippen LogP contribution in [0.3, 0.4) is 0 Å².